The zero-order chi connectivity index (χ0) is 13.9. The third kappa shape index (κ3) is 2.76. The first kappa shape index (κ1) is 13.3. The maximum atomic E-state index is 6.16. The first-order valence-corrected chi connectivity index (χ1v) is 7.30. The van der Waals surface area contributed by atoms with Gasteiger partial charge in [0.1, 0.15) is 0 Å². The summed E-state index contributed by atoms with van der Waals surface area (Å²) in [7, 11) is 0. The number of rotatable bonds is 3. The van der Waals surface area contributed by atoms with Crippen LogP contribution in [-0.2, 0) is 6.54 Å². The van der Waals surface area contributed by atoms with Gasteiger partial charge in [-0.25, -0.2) is 0 Å². The van der Waals surface area contributed by atoms with E-state index in [1.165, 1.54) is 0 Å². The average molecular weight is 349 g/mol. The molecule has 5 heteroatoms. The van der Waals surface area contributed by atoms with Crippen molar-refractivity contribution in [1.29, 1.82) is 0 Å². The summed E-state index contributed by atoms with van der Waals surface area (Å²) in [6.45, 7) is 0.634. The second-order valence-electron chi connectivity index (χ2n) is 4.37. The number of aromatic nitrogens is 3. The molecule has 0 saturated carbocycles. The lowest BCUT2D eigenvalue weighted by molar-refractivity contribution is 0.803. The molecule has 20 heavy (non-hydrogen) atoms. The highest BCUT2D eigenvalue weighted by Crippen LogP contribution is 2.22. The molecule has 0 spiro atoms. The summed E-state index contributed by atoms with van der Waals surface area (Å²) in [6.07, 6.45) is 0. The van der Waals surface area contributed by atoms with Crippen molar-refractivity contribution in [1.82, 2.24) is 14.8 Å². The lowest BCUT2D eigenvalue weighted by Crippen LogP contribution is -2.02. The lowest BCUT2D eigenvalue weighted by atomic mass is 10.2. The molecule has 3 aromatic rings. The van der Waals surface area contributed by atoms with Crippen molar-refractivity contribution < 1.29 is 0 Å². The predicted molar refractivity (Wildman–Crippen MR) is 83.7 cm³/mol. The Balaban J connectivity index is 2.00. The van der Waals surface area contributed by atoms with Crippen LogP contribution in [-0.4, -0.2) is 14.8 Å². The van der Waals surface area contributed by atoms with Crippen LogP contribution in [0.25, 0.3) is 11.4 Å². The molecule has 0 atom stereocenters. The minimum Gasteiger partial charge on any atom is -0.293 e. The molecule has 3 rings (SSSR count). The molecule has 0 saturated heterocycles. The van der Waals surface area contributed by atoms with Crippen LogP contribution in [0.2, 0.25) is 5.28 Å². The standard InChI is InChI=1S/C15H11BrClN3/c16-13-8-4-5-11(9-13)10-20-14(18-19-15(20)17)12-6-2-1-3-7-12/h1-9H,10H2. The van der Waals surface area contributed by atoms with Crippen LogP contribution in [0.5, 0.6) is 0 Å². The molecule has 0 bridgehead atoms. The molecule has 0 aliphatic carbocycles. The van der Waals surface area contributed by atoms with Crippen LogP contribution in [0.1, 0.15) is 5.56 Å². The van der Waals surface area contributed by atoms with Gasteiger partial charge in [0.05, 0.1) is 6.54 Å². The third-order valence-electron chi connectivity index (χ3n) is 2.97. The number of halogens is 2. The van der Waals surface area contributed by atoms with E-state index >= 15 is 0 Å². The largest absolute Gasteiger partial charge is 0.293 e. The summed E-state index contributed by atoms with van der Waals surface area (Å²) in [5.74, 6) is 0.774. The van der Waals surface area contributed by atoms with E-state index in [9.17, 15) is 0 Å². The maximum Gasteiger partial charge on any atom is 0.225 e. The average Bonchev–Trinajstić information content (AvgIpc) is 2.81. The van der Waals surface area contributed by atoms with Crippen molar-refractivity contribution in [2.24, 2.45) is 0 Å². The molecule has 0 fully saturated rings. The van der Waals surface area contributed by atoms with Crippen molar-refractivity contribution in [3.63, 3.8) is 0 Å². The molecule has 1 aromatic heterocycles. The number of benzene rings is 2. The van der Waals surface area contributed by atoms with Gasteiger partial charge in [-0.3, -0.25) is 4.57 Å². The van der Waals surface area contributed by atoms with Crippen LogP contribution in [0.4, 0.5) is 0 Å². The zero-order valence-electron chi connectivity index (χ0n) is 10.5. The Bertz CT molecular complexity index is 725. The van der Waals surface area contributed by atoms with E-state index in [1.807, 2.05) is 47.0 Å². The fraction of sp³-hybridized carbons (Fsp3) is 0.0667. The van der Waals surface area contributed by atoms with Gasteiger partial charge in [-0.2, -0.15) is 0 Å². The second-order valence-corrected chi connectivity index (χ2v) is 5.63. The minimum absolute atomic E-state index is 0.392. The fourth-order valence-electron chi connectivity index (χ4n) is 2.04. The number of hydrogen-bond donors (Lipinski definition) is 0. The van der Waals surface area contributed by atoms with Crippen molar-refractivity contribution in [2.75, 3.05) is 0 Å². The maximum absolute atomic E-state index is 6.16. The van der Waals surface area contributed by atoms with Gasteiger partial charge in [0, 0.05) is 10.0 Å². The van der Waals surface area contributed by atoms with Crippen LogP contribution >= 0.6 is 27.5 Å². The van der Waals surface area contributed by atoms with E-state index in [0.717, 1.165) is 21.4 Å². The topological polar surface area (TPSA) is 30.7 Å². The lowest BCUT2D eigenvalue weighted by Gasteiger charge is -2.08. The van der Waals surface area contributed by atoms with Gasteiger partial charge >= 0.3 is 0 Å². The normalized spacial score (nSPS) is 10.7. The Hall–Kier alpha value is -1.65. The molecule has 0 aliphatic heterocycles. The summed E-state index contributed by atoms with van der Waals surface area (Å²) in [5, 5.41) is 8.54. The van der Waals surface area contributed by atoms with E-state index in [4.69, 9.17) is 11.6 Å². The predicted octanol–water partition coefficient (Wildman–Crippen LogP) is 4.41. The summed E-state index contributed by atoms with van der Waals surface area (Å²) in [5.41, 5.74) is 2.14. The third-order valence-corrected chi connectivity index (χ3v) is 3.74. The van der Waals surface area contributed by atoms with Crippen molar-refractivity contribution in [3.05, 3.63) is 69.9 Å². The van der Waals surface area contributed by atoms with Gasteiger partial charge in [-0.05, 0) is 29.3 Å². The Morgan fingerprint density at radius 2 is 1.80 bits per heavy atom. The second kappa shape index (κ2) is 5.77. The van der Waals surface area contributed by atoms with Gasteiger partial charge in [-0.15, -0.1) is 10.2 Å². The highest BCUT2D eigenvalue weighted by atomic mass is 79.9. The highest BCUT2D eigenvalue weighted by Gasteiger charge is 2.12. The van der Waals surface area contributed by atoms with E-state index in [0.29, 0.717) is 11.8 Å². The molecular weight excluding hydrogens is 338 g/mol. The van der Waals surface area contributed by atoms with E-state index in [2.05, 4.69) is 38.3 Å². The quantitative estimate of drug-likeness (QED) is 0.702. The molecule has 0 N–H and O–H groups in total. The molecule has 100 valence electrons. The molecular formula is C15H11BrClN3. The Morgan fingerprint density at radius 3 is 2.55 bits per heavy atom. The van der Waals surface area contributed by atoms with Crippen molar-refractivity contribution in [3.8, 4) is 11.4 Å². The molecule has 0 amide bonds. The van der Waals surface area contributed by atoms with Gasteiger partial charge in [-0.1, -0.05) is 58.4 Å². The van der Waals surface area contributed by atoms with E-state index < -0.39 is 0 Å². The highest BCUT2D eigenvalue weighted by molar-refractivity contribution is 9.10. The van der Waals surface area contributed by atoms with Gasteiger partial charge < -0.3 is 0 Å². The Kier molecular flexibility index (Phi) is 3.85. The van der Waals surface area contributed by atoms with Crippen molar-refractivity contribution in [2.45, 2.75) is 6.54 Å². The zero-order valence-corrected chi connectivity index (χ0v) is 12.8. The number of hydrogen-bond acceptors (Lipinski definition) is 2. The van der Waals surface area contributed by atoms with Crippen LogP contribution in [0.15, 0.2) is 59.1 Å². The molecule has 0 aliphatic rings. The summed E-state index contributed by atoms with van der Waals surface area (Å²) >= 11 is 9.64. The van der Waals surface area contributed by atoms with E-state index in [1.54, 1.807) is 0 Å². The fourth-order valence-corrected chi connectivity index (χ4v) is 2.67. The summed E-state index contributed by atoms with van der Waals surface area (Å²) in [4.78, 5) is 0. The van der Waals surface area contributed by atoms with Crippen molar-refractivity contribution >= 4 is 27.5 Å². The van der Waals surface area contributed by atoms with Crippen LogP contribution < -0.4 is 0 Å². The number of nitrogens with zero attached hydrogens (tertiary/aromatic N) is 3. The Morgan fingerprint density at radius 1 is 1.00 bits per heavy atom. The monoisotopic (exact) mass is 347 g/mol. The minimum atomic E-state index is 0.392. The van der Waals surface area contributed by atoms with E-state index in [-0.39, 0.29) is 0 Å². The Labute approximate surface area is 130 Å². The molecule has 0 radical (unpaired) electrons. The van der Waals surface area contributed by atoms with Crippen LogP contribution in [0, 0.1) is 0 Å². The summed E-state index contributed by atoms with van der Waals surface area (Å²) < 4.78 is 2.94. The van der Waals surface area contributed by atoms with Crippen LogP contribution in [0.3, 0.4) is 0 Å². The van der Waals surface area contributed by atoms with Gasteiger partial charge in [0.2, 0.25) is 5.28 Å². The smallest absolute Gasteiger partial charge is 0.225 e. The first-order valence-electron chi connectivity index (χ1n) is 6.12. The molecule has 0 unspecified atom stereocenters. The molecule has 1 heterocycles. The molecule has 2 aromatic carbocycles. The molecule has 3 nitrogen and oxygen atoms in total. The summed E-state index contributed by atoms with van der Waals surface area (Å²) in [6, 6.07) is 18.0. The SMILES string of the molecule is Clc1nnc(-c2ccccc2)n1Cc1cccc(Br)c1. The first-order chi connectivity index (χ1) is 9.74. The van der Waals surface area contributed by atoms with Gasteiger partial charge in [0.25, 0.3) is 0 Å². The van der Waals surface area contributed by atoms with Gasteiger partial charge in [0.15, 0.2) is 5.82 Å².